The number of nitrogens with one attached hydrogen (secondary N) is 1. The van der Waals surface area contributed by atoms with Crippen LogP contribution in [0.2, 0.25) is 0 Å². The van der Waals surface area contributed by atoms with E-state index in [0.717, 1.165) is 18.7 Å². The molecule has 0 amide bonds. The van der Waals surface area contributed by atoms with E-state index in [-0.39, 0.29) is 0 Å². The maximum Gasteiger partial charge on any atom is 0.0541 e. The van der Waals surface area contributed by atoms with Crippen LogP contribution in [0.5, 0.6) is 0 Å². The van der Waals surface area contributed by atoms with Gasteiger partial charge < -0.3 is 5.32 Å². The van der Waals surface area contributed by atoms with Gasteiger partial charge in [-0.3, -0.25) is 4.98 Å². The van der Waals surface area contributed by atoms with Crippen LogP contribution in [0.4, 0.5) is 0 Å². The van der Waals surface area contributed by atoms with Crippen LogP contribution in [0, 0.1) is 0 Å². The van der Waals surface area contributed by atoms with E-state index in [1.54, 1.807) is 0 Å². The molecule has 2 heteroatoms. The molecule has 17 heavy (non-hydrogen) atoms. The Hall–Kier alpha value is -1.67. The standard InChI is InChI=1S/C15H18N2/c1-2-15(13-8-4-3-5-9-13)17-12-14-10-6-7-11-16-14/h3-11,15,17H,2,12H2,1H3. The van der Waals surface area contributed by atoms with Gasteiger partial charge in [0.05, 0.1) is 5.69 Å². The summed E-state index contributed by atoms with van der Waals surface area (Å²) in [5.74, 6) is 0. The zero-order valence-electron chi connectivity index (χ0n) is 10.1. The van der Waals surface area contributed by atoms with Crippen LogP contribution in [0.25, 0.3) is 0 Å². The summed E-state index contributed by atoms with van der Waals surface area (Å²) in [6, 6.07) is 17.0. The van der Waals surface area contributed by atoms with Gasteiger partial charge in [-0.2, -0.15) is 0 Å². The van der Waals surface area contributed by atoms with Gasteiger partial charge in [-0.05, 0) is 24.1 Å². The summed E-state index contributed by atoms with van der Waals surface area (Å²) in [6.45, 7) is 3.01. The lowest BCUT2D eigenvalue weighted by Gasteiger charge is -2.17. The highest BCUT2D eigenvalue weighted by Crippen LogP contribution is 2.16. The molecule has 0 fully saturated rings. The number of aromatic nitrogens is 1. The van der Waals surface area contributed by atoms with Crippen molar-refractivity contribution >= 4 is 0 Å². The molecule has 0 saturated heterocycles. The highest BCUT2D eigenvalue weighted by molar-refractivity contribution is 5.19. The summed E-state index contributed by atoms with van der Waals surface area (Å²) < 4.78 is 0. The zero-order valence-corrected chi connectivity index (χ0v) is 10.1. The molecule has 1 atom stereocenters. The molecule has 0 saturated carbocycles. The Morgan fingerprint density at radius 2 is 1.82 bits per heavy atom. The minimum absolute atomic E-state index is 0.401. The number of rotatable bonds is 5. The fraction of sp³-hybridized carbons (Fsp3) is 0.267. The smallest absolute Gasteiger partial charge is 0.0541 e. The van der Waals surface area contributed by atoms with Crippen LogP contribution in [-0.2, 0) is 6.54 Å². The van der Waals surface area contributed by atoms with Crippen molar-refractivity contribution in [3.05, 3.63) is 66.0 Å². The Kier molecular flexibility index (Phi) is 4.28. The van der Waals surface area contributed by atoms with Crippen molar-refractivity contribution in [1.29, 1.82) is 0 Å². The summed E-state index contributed by atoms with van der Waals surface area (Å²) >= 11 is 0. The second kappa shape index (κ2) is 6.16. The Labute approximate surface area is 103 Å². The zero-order chi connectivity index (χ0) is 11.9. The fourth-order valence-corrected chi connectivity index (χ4v) is 1.91. The first-order valence-electron chi connectivity index (χ1n) is 6.08. The molecule has 1 unspecified atom stereocenters. The lowest BCUT2D eigenvalue weighted by molar-refractivity contribution is 0.514. The lowest BCUT2D eigenvalue weighted by atomic mass is 10.0. The minimum Gasteiger partial charge on any atom is -0.304 e. The summed E-state index contributed by atoms with van der Waals surface area (Å²) in [7, 11) is 0. The lowest BCUT2D eigenvalue weighted by Crippen LogP contribution is -2.20. The van der Waals surface area contributed by atoms with Crippen LogP contribution in [0.15, 0.2) is 54.7 Å². The van der Waals surface area contributed by atoms with Gasteiger partial charge in [-0.1, -0.05) is 43.3 Å². The van der Waals surface area contributed by atoms with Gasteiger partial charge in [-0.25, -0.2) is 0 Å². The molecule has 0 bridgehead atoms. The van der Waals surface area contributed by atoms with E-state index in [1.807, 2.05) is 24.4 Å². The number of benzene rings is 1. The Balaban J connectivity index is 1.97. The van der Waals surface area contributed by atoms with E-state index in [2.05, 4.69) is 47.6 Å². The van der Waals surface area contributed by atoms with E-state index in [0.29, 0.717) is 6.04 Å². The predicted octanol–water partition coefficient (Wildman–Crippen LogP) is 3.32. The molecule has 1 aromatic carbocycles. The van der Waals surface area contributed by atoms with E-state index in [4.69, 9.17) is 0 Å². The average molecular weight is 226 g/mol. The maximum absolute atomic E-state index is 4.32. The van der Waals surface area contributed by atoms with Crippen molar-refractivity contribution < 1.29 is 0 Å². The summed E-state index contributed by atoms with van der Waals surface area (Å²) in [4.78, 5) is 4.32. The molecule has 0 spiro atoms. The van der Waals surface area contributed by atoms with Crippen LogP contribution >= 0.6 is 0 Å². The van der Waals surface area contributed by atoms with Gasteiger partial charge in [0.15, 0.2) is 0 Å². The minimum atomic E-state index is 0.401. The second-order valence-corrected chi connectivity index (χ2v) is 4.07. The first-order valence-corrected chi connectivity index (χ1v) is 6.08. The van der Waals surface area contributed by atoms with Crippen molar-refractivity contribution in [1.82, 2.24) is 10.3 Å². The molecule has 0 aliphatic heterocycles. The predicted molar refractivity (Wildman–Crippen MR) is 70.6 cm³/mol. The van der Waals surface area contributed by atoms with Gasteiger partial charge in [0.25, 0.3) is 0 Å². The van der Waals surface area contributed by atoms with E-state index >= 15 is 0 Å². The van der Waals surface area contributed by atoms with Crippen LogP contribution in [0.1, 0.15) is 30.6 Å². The van der Waals surface area contributed by atoms with Gasteiger partial charge in [-0.15, -0.1) is 0 Å². The third-order valence-electron chi connectivity index (χ3n) is 2.87. The van der Waals surface area contributed by atoms with E-state index in [1.165, 1.54) is 5.56 Å². The molecule has 1 heterocycles. The molecule has 1 aromatic heterocycles. The monoisotopic (exact) mass is 226 g/mol. The van der Waals surface area contributed by atoms with Crippen LogP contribution in [0.3, 0.4) is 0 Å². The summed E-state index contributed by atoms with van der Waals surface area (Å²) in [5, 5.41) is 3.54. The average Bonchev–Trinajstić information content (AvgIpc) is 2.42. The Morgan fingerprint density at radius 1 is 1.06 bits per heavy atom. The van der Waals surface area contributed by atoms with E-state index < -0.39 is 0 Å². The number of hydrogen-bond donors (Lipinski definition) is 1. The topological polar surface area (TPSA) is 24.9 Å². The van der Waals surface area contributed by atoms with E-state index in [9.17, 15) is 0 Å². The van der Waals surface area contributed by atoms with Crippen molar-refractivity contribution in [2.45, 2.75) is 25.9 Å². The molecule has 88 valence electrons. The van der Waals surface area contributed by atoms with Gasteiger partial charge in [0.1, 0.15) is 0 Å². The first kappa shape index (κ1) is 11.8. The molecule has 0 aliphatic carbocycles. The van der Waals surface area contributed by atoms with Crippen molar-refractivity contribution in [3.63, 3.8) is 0 Å². The normalized spacial score (nSPS) is 12.3. The molecule has 2 aromatic rings. The quantitative estimate of drug-likeness (QED) is 0.846. The summed E-state index contributed by atoms with van der Waals surface area (Å²) in [6.07, 6.45) is 2.91. The van der Waals surface area contributed by atoms with Crippen LogP contribution < -0.4 is 5.32 Å². The SMILES string of the molecule is CCC(NCc1ccccn1)c1ccccc1. The molecular formula is C15H18N2. The first-order chi connectivity index (χ1) is 8.40. The Morgan fingerprint density at radius 3 is 2.47 bits per heavy atom. The van der Waals surface area contributed by atoms with Gasteiger partial charge in [0, 0.05) is 18.8 Å². The third-order valence-corrected chi connectivity index (χ3v) is 2.87. The van der Waals surface area contributed by atoms with Crippen LogP contribution in [-0.4, -0.2) is 4.98 Å². The number of nitrogens with zero attached hydrogens (tertiary/aromatic N) is 1. The molecule has 0 radical (unpaired) electrons. The maximum atomic E-state index is 4.32. The second-order valence-electron chi connectivity index (χ2n) is 4.07. The van der Waals surface area contributed by atoms with Crippen molar-refractivity contribution in [3.8, 4) is 0 Å². The number of pyridine rings is 1. The van der Waals surface area contributed by atoms with Crippen molar-refractivity contribution in [2.24, 2.45) is 0 Å². The number of hydrogen-bond acceptors (Lipinski definition) is 2. The molecule has 0 aliphatic rings. The van der Waals surface area contributed by atoms with Gasteiger partial charge >= 0.3 is 0 Å². The molecular weight excluding hydrogens is 208 g/mol. The highest BCUT2D eigenvalue weighted by Gasteiger charge is 2.07. The largest absolute Gasteiger partial charge is 0.304 e. The Bertz CT molecular complexity index is 425. The molecule has 2 nitrogen and oxygen atoms in total. The summed E-state index contributed by atoms with van der Waals surface area (Å²) in [5.41, 5.74) is 2.42. The fourth-order valence-electron chi connectivity index (χ4n) is 1.91. The highest BCUT2D eigenvalue weighted by atomic mass is 14.9. The molecule has 1 N–H and O–H groups in total. The van der Waals surface area contributed by atoms with Crippen molar-refractivity contribution in [2.75, 3.05) is 0 Å². The van der Waals surface area contributed by atoms with Gasteiger partial charge in [0.2, 0.25) is 0 Å². The third kappa shape index (κ3) is 3.40. The molecule has 2 rings (SSSR count).